The summed E-state index contributed by atoms with van der Waals surface area (Å²) in [4.78, 5) is 28.5. The Balaban J connectivity index is 1.89. The second kappa shape index (κ2) is 5.69. The maximum atomic E-state index is 12.0. The molecule has 2 rings (SSSR count). The van der Waals surface area contributed by atoms with Crippen LogP contribution in [0, 0.1) is 5.92 Å². The highest BCUT2D eigenvalue weighted by atomic mass is 16.4. The van der Waals surface area contributed by atoms with Crippen molar-refractivity contribution in [2.45, 2.75) is 25.9 Å². The van der Waals surface area contributed by atoms with Gasteiger partial charge in [0.15, 0.2) is 0 Å². The number of likely N-dealkylation sites (tertiary alicyclic amines) is 1. The number of carbonyl (C=O) groups is 2. The summed E-state index contributed by atoms with van der Waals surface area (Å²) in [5.41, 5.74) is 0.963. The number of urea groups is 1. The van der Waals surface area contributed by atoms with Gasteiger partial charge in [-0.15, -0.1) is 0 Å². The van der Waals surface area contributed by atoms with Crippen LogP contribution in [-0.2, 0) is 11.3 Å². The number of nitrogens with one attached hydrogen (secondary N) is 1. The molecule has 0 aliphatic carbocycles. The highest BCUT2D eigenvalue weighted by molar-refractivity contribution is 5.78. The standard InChI is InChI=1S/C13H17N3O3/c1-9-11(12(17)18)4-7-16(9)13(19)15-8-10-2-5-14-6-3-10/h2-3,5-6,9,11H,4,7-8H2,1H3,(H,15,19)(H,17,18). The average molecular weight is 263 g/mol. The van der Waals surface area contributed by atoms with Crippen LogP contribution >= 0.6 is 0 Å². The number of carbonyl (C=O) groups excluding carboxylic acids is 1. The topological polar surface area (TPSA) is 82.5 Å². The molecule has 2 amide bonds. The number of carboxylic acids is 1. The summed E-state index contributed by atoms with van der Waals surface area (Å²) in [5, 5.41) is 11.8. The molecule has 1 saturated heterocycles. The van der Waals surface area contributed by atoms with Gasteiger partial charge in [0.1, 0.15) is 0 Å². The Morgan fingerprint density at radius 2 is 2.16 bits per heavy atom. The summed E-state index contributed by atoms with van der Waals surface area (Å²) < 4.78 is 0. The molecule has 6 nitrogen and oxygen atoms in total. The second-order valence-corrected chi connectivity index (χ2v) is 4.68. The minimum atomic E-state index is -0.836. The number of amides is 2. The number of nitrogens with zero attached hydrogens (tertiary/aromatic N) is 2. The summed E-state index contributed by atoms with van der Waals surface area (Å²) in [6.45, 7) is 2.68. The van der Waals surface area contributed by atoms with Crippen molar-refractivity contribution in [1.82, 2.24) is 15.2 Å². The van der Waals surface area contributed by atoms with Crippen molar-refractivity contribution in [1.29, 1.82) is 0 Å². The minimum absolute atomic E-state index is 0.215. The lowest BCUT2D eigenvalue weighted by atomic mass is 10.0. The number of pyridine rings is 1. The molecule has 2 atom stereocenters. The normalized spacial score (nSPS) is 22.3. The largest absolute Gasteiger partial charge is 0.481 e. The van der Waals surface area contributed by atoms with Gasteiger partial charge in [-0.05, 0) is 31.0 Å². The van der Waals surface area contributed by atoms with Crippen LogP contribution in [0.2, 0.25) is 0 Å². The van der Waals surface area contributed by atoms with Crippen LogP contribution in [0.25, 0.3) is 0 Å². The first kappa shape index (κ1) is 13.3. The van der Waals surface area contributed by atoms with Gasteiger partial charge in [-0.2, -0.15) is 0 Å². The molecule has 0 radical (unpaired) electrons. The third kappa shape index (κ3) is 3.01. The van der Waals surface area contributed by atoms with E-state index in [-0.39, 0.29) is 12.1 Å². The molecule has 102 valence electrons. The molecule has 19 heavy (non-hydrogen) atoms. The van der Waals surface area contributed by atoms with Crippen molar-refractivity contribution in [3.63, 3.8) is 0 Å². The first-order valence-electron chi connectivity index (χ1n) is 6.26. The fraction of sp³-hybridized carbons (Fsp3) is 0.462. The molecule has 2 unspecified atom stereocenters. The molecule has 1 fully saturated rings. The number of hydrogen-bond donors (Lipinski definition) is 2. The van der Waals surface area contributed by atoms with E-state index in [4.69, 9.17) is 5.11 Å². The van der Waals surface area contributed by atoms with Crippen molar-refractivity contribution in [3.05, 3.63) is 30.1 Å². The molecule has 0 aromatic carbocycles. The number of carboxylic acid groups (broad SMARTS) is 1. The van der Waals surface area contributed by atoms with E-state index in [0.717, 1.165) is 5.56 Å². The van der Waals surface area contributed by atoms with Gasteiger partial charge < -0.3 is 15.3 Å². The number of hydrogen-bond acceptors (Lipinski definition) is 3. The lowest BCUT2D eigenvalue weighted by Crippen LogP contribution is -2.43. The molecule has 2 N–H and O–H groups in total. The highest BCUT2D eigenvalue weighted by Gasteiger charge is 2.37. The fourth-order valence-electron chi connectivity index (χ4n) is 2.34. The predicted molar refractivity (Wildman–Crippen MR) is 68.4 cm³/mol. The Hall–Kier alpha value is -2.11. The molecule has 1 aliphatic heterocycles. The Morgan fingerprint density at radius 3 is 2.74 bits per heavy atom. The highest BCUT2D eigenvalue weighted by Crippen LogP contribution is 2.24. The minimum Gasteiger partial charge on any atom is -0.481 e. The van der Waals surface area contributed by atoms with Crippen LogP contribution in [0.15, 0.2) is 24.5 Å². The Bertz CT molecular complexity index is 463. The Morgan fingerprint density at radius 1 is 1.47 bits per heavy atom. The van der Waals surface area contributed by atoms with Crippen molar-refractivity contribution in [2.24, 2.45) is 5.92 Å². The van der Waals surface area contributed by atoms with Crippen molar-refractivity contribution in [3.8, 4) is 0 Å². The molecule has 0 saturated carbocycles. The van der Waals surface area contributed by atoms with Crippen LogP contribution in [0.3, 0.4) is 0 Å². The first-order chi connectivity index (χ1) is 9.09. The smallest absolute Gasteiger partial charge is 0.317 e. The van der Waals surface area contributed by atoms with E-state index in [2.05, 4.69) is 10.3 Å². The zero-order valence-corrected chi connectivity index (χ0v) is 10.7. The van der Waals surface area contributed by atoms with E-state index in [9.17, 15) is 9.59 Å². The van der Waals surface area contributed by atoms with E-state index < -0.39 is 11.9 Å². The van der Waals surface area contributed by atoms with Gasteiger partial charge in [0, 0.05) is 31.5 Å². The average Bonchev–Trinajstić information content (AvgIpc) is 2.79. The van der Waals surface area contributed by atoms with Gasteiger partial charge in [0.2, 0.25) is 0 Å². The third-order valence-electron chi connectivity index (χ3n) is 3.53. The van der Waals surface area contributed by atoms with Crippen LogP contribution in [0.1, 0.15) is 18.9 Å². The van der Waals surface area contributed by atoms with Crippen LogP contribution in [0.5, 0.6) is 0 Å². The van der Waals surface area contributed by atoms with Gasteiger partial charge in [0.05, 0.1) is 5.92 Å². The lowest BCUT2D eigenvalue weighted by Gasteiger charge is -2.23. The Kier molecular flexibility index (Phi) is 3.99. The first-order valence-corrected chi connectivity index (χ1v) is 6.26. The van der Waals surface area contributed by atoms with Crippen molar-refractivity contribution < 1.29 is 14.7 Å². The van der Waals surface area contributed by atoms with Gasteiger partial charge in [0.25, 0.3) is 0 Å². The molecule has 0 spiro atoms. The number of aliphatic carboxylic acids is 1. The molecule has 1 aliphatic rings. The van der Waals surface area contributed by atoms with Crippen LogP contribution < -0.4 is 5.32 Å². The summed E-state index contributed by atoms with van der Waals surface area (Å²) in [7, 11) is 0. The van der Waals surface area contributed by atoms with Gasteiger partial charge >= 0.3 is 12.0 Å². The lowest BCUT2D eigenvalue weighted by molar-refractivity contribution is -0.142. The van der Waals surface area contributed by atoms with E-state index in [1.165, 1.54) is 0 Å². The van der Waals surface area contributed by atoms with Crippen molar-refractivity contribution >= 4 is 12.0 Å². The summed E-state index contributed by atoms with van der Waals surface area (Å²) >= 11 is 0. The SMILES string of the molecule is CC1C(C(=O)O)CCN1C(=O)NCc1ccncc1. The number of aromatic nitrogens is 1. The molecular weight excluding hydrogens is 246 g/mol. The van der Waals surface area contributed by atoms with Gasteiger partial charge in [-0.3, -0.25) is 9.78 Å². The number of rotatable bonds is 3. The van der Waals surface area contributed by atoms with Crippen LogP contribution in [-0.4, -0.2) is 39.6 Å². The maximum Gasteiger partial charge on any atom is 0.317 e. The van der Waals surface area contributed by atoms with E-state index in [1.807, 2.05) is 12.1 Å². The predicted octanol–water partition coefficient (Wildman–Crippen LogP) is 1.09. The second-order valence-electron chi connectivity index (χ2n) is 4.68. The van der Waals surface area contributed by atoms with E-state index in [1.54, 1.807) is 24.2 Å². The van der Waals surface area contributed by atoms with Gasteiger partial charge in [-0.1, -0.05) is 0 Å². The monoisotopic (exact) mass is 263 g/mol. The van der Waals surface area contributed by atoms with E-state index >= 15 is 0 Å². The molecule has 1 aromatic rings. The molecular formula is C13H17N3O3. The fourth-order valence-corrected chi connectivity index (χ4v) is 2.34. The summed E-state index contributed by atoms with van der Waals surface area (Å²) in [5.74, 6) is -1.30. The Labute approximate surface area is 111 Å². The third-order valence-corrected chi connectivity index (χ3v) is 3.53. The zero-order valence-electron chi connectivity index (χ0n) is 10.7. The molecule has 6 heteroatoms. The van der Waals surface area contributed by atoms with Gasteiger partial charge in [-0.25, -0.2) is 4.79 Å². The van der Waals surface area contributed by atoms with E-state index in [0.29, 0.717) is 19.5 Å². The molecule has 2 heterocycles. The molecule has 1 aromatic heterocycles. The summed E-state index contributed by atoms with van der Waals surface area (Å²) in [6.07, 6.45) is 3.85. The maximum absolute atomic E-state index is 12.0. The molecule has 0 bridgehead atoms. The van der Waals surface area contributed by atoms with Crippen LogP contribution in [0.4, 0.5) is 4.79 Å². The quantitative estimate of drug-likeness (QED) is 0.855. The van der Waals surface area contributed by atoms with Crippen molar-refractivity contribution in [2.75, 3.05) is 6.54 Å². The summed E-state index contributed by atoms with van der Waals surface area (Å²) in [6, 6.07) is 3.17. The zero-order chi connectivity index (χ0) is 13.8.